The maximum Gasteiger partial charge on any atom is 0.293 e. The van der Waals surface area contributed by atoms with Gasteiger partial charge in [-0.2, -0.15) is 15.7 Å². The second-order valence-corrected chi connectivity index (χ2v) is 20.6. The van der Waals surface area contributed by atoms with Gasteiger partial charge >= 0.3 is 0 Å². The third kappa shape index (κ3) is 11.2. The van der Waals surface area contributed by atoms with E-state index in [2.05, 4.69) is 57.4 Å². The van der Waals surface area contributed by atoms with Crippen LogP contribution in [0.3, 0.4) is 0 Å². The number of carbonyl (C=O) groups is 1. The smallest absolute Gasteiger partial charge is 0.293 e. The van der Waals surface area contributed by atoms with E-state index in [-0.39, 0.29) is 28.5 Å². The van der Waals surface area contributed by atoms with E-state index >= 15 is 0 Å². The molecule has 0 unspecified atom stereocenters. The quantitative estimate of drug-likeness (QED) is 0.0818. The molecule has 65 heavy (non-hydrogen) atoms. The predicted octanol–water partition coefficient (Wildman–Crippen LogP) is 10.4. The average Bonchev–Trinajstić information content (AvgIpc) is 3.80. The van der Waals surface area contributed by atoms with Crippen LogP contribution in [0.15, 0.2) is 106 Å². The van der Waals surface area contributed by atoms with E-state index in [1.54, 1.807) is 17.4 Å². The molecule has 0 saturated carbocycles. The zero-order chi connectivity index (χ0) is 45.9. The number of carbonyl (C=O) groups excluding carboxylic acids is 1. The third-order valence-electron chi connectivity index (χ3n) is 12.5. The molecule has 0 radical (unpaired) electrons. The van der Waals surface area contributed by atoms with Gasteiger partial charge in [-0.15, -0.1) is 0 Å². The number of nitrogens with one attached hydrogen (secondary N) is 2. The number of thiophene rings is 1. The van der Waals surface area contributed by atoms with Crippen molar-refractivity contribution in [3.63, 3.8) is 0 Å². The predicted molar refractivity (Wildman–Crippen MR) is 252 cm³/mol. The molecule has 17 heteroatoms. The lowest BCUT2D eigenvalue weighted by molar-refractivity contribution is -0.384. The Labute approximate surface area is 387 Å². The van der Waals surface area contributed by atoms with Crippen LogP contribution in [0, 0.1) is 27.2 Å². The summed E-state index contributed by atoms with van der Waals surface area (Å²) in [5.74, 6) is -4.30. The summed E-state index contributed by atoms with van der Waals surface area (Å²) in [5.41, 5.74) is 5.45. The summed E-state index contributed by atoms with van der Waals surface area (Å²) in [6.07, 6.45) is 4.54. The monoisotopic (exact) mass is 944 g/mol. The molecule has 1 aliphatic carbocycles. The topological polar surface area (TPSA) is 137 Å². The van der Waals surface area contributed by atoms with Crippen molar-refractivity contribution >= 4 is 61.5 Å². The maximum absolute atomic E-state index is 15.0. The van der Waals surface area contributed by atoms with Crippen LogP contribution in [0.4, 0.5) is 25.8 Å². The number of hydrogen-bond acceptors (Lipinski definition) is 11. The lowest BCUT2D eigenvalue weighted by Gasteiger charge is -2.39. The molecule has 0 atom stereocenters. The molecule has 2 saturated heterocycles. The number of allylic oxidation sites excluding steroid dienone is 1. The number of likely N-dealkylation sites (tertiary alicyclic amines) is 1. The number of rotatable bonds is 14. The lowest BCUT2D eigenvalue weighted by atomic mass is 9.72. The van der Waals surface area contributed by atoms with Crippen LogP contribution in [0.5, 0.6) is 11.5 Å². The van der Waals surface area contributed by atoms with E-state index in [0.29, 0.717) is 23.8 Å². The highest BCUT2D eigenvalue weighted by atomic mass is 35.5. The van der Waals surface area contributed by atoms with Gasteiger partial charge in [-0.05, 0) is 120 Å². The van der Waals surface area contributed by atoms with Gasteiger partial charge in [0.15, 0.2) is 11.6 Å². The van der Waals surface area contributed by atoms with Crippen LogP contribution < -0.4 is 19.7 Å². The minimum atomic E-state index is -4.68. The number of piperazine rings is 1. The fourth-order valence-electron chi connectivity index (χ4n) is 8.84. The first-order valence-electron chi connectivity index (χ1n) is 21.7. The van der Waals surface area contributed by atoms with E-state index in [0.717, 1.165) is 83.5 Å². The molecule has 3 aliphatic rings. The van der Waals surface area contributed by atoms with Gasteiger partial charge in [-0.3, -0.25) is 24.7 Å². The number of halogens is 3. The van der Waals surface area contributed by atoms with Crippen LogP contribution in [-0.2, 0) is 16.6 Å². The fraction of sp³-hybridized carbons (Fsp3) is 0.354. The summed E-state index contributed by atoms with van der Waals surface area (Å²) in [6, 6.07) is 21.4. The van der Waals surface area contributed by atoms with Crippen molar-refractivity contribution < 1.29 is 31.7 Å². The van der Waals surface area contributed by atoms with Crippen LogP contribution in [0.25, 0.3) is 5.57 Å². The van der Waals surface area contributed by atoms with Gasteiger partial charge in [0.05, 0.1) is 15.4 Å². The van der Waals surface area contributed by atoms with Crippen molar-refractivity contribution in [2.75, 3.05) is 56.0 Å². The number of anilines is 2. The minimum Gasteiger partial charge on any atom is -0.453 e. The maximum atomic E-state index is 15.0. The molecule has 2 aliphatic heterocycles. The van der Waals surface area contributed by atoms with E-state index in [1.165, 1.54) is 58.7 Å². The molecule has 2 N–H and O–H groups in total. The highest BCUT2D eigenvalue weighted by Gasteiger charge is 2.31. The standard InChI is InChI=1S/C48H51ClF2N6O6S2/c1-48(2)18-14-34(40(28-48)33-6-8-35(49)9-7-33)30-55-21-23-56(24-22-55)37-10-12-39(45(26-37)63-44-5-3-4-41(50)46(44)51)47(58)53-65(61,62)38-11-13-42(43(27-38)57(59)60)52-36-15-19-54(20-16-36)29-32-17-25-64-31-32/h3-13,17,25-27,31,36,52H,14-16,18-24,28-30H2,1-2H3,(H,53,58). The van der Waals surface area contributed by atoms with Crippen molar-refractivity contribution in [3.8, 4) is 11.5 Å². The highest BCUT2D eigenvalue weighted by molar-refractivity contribution is 7.90. The Bertz CT molecular complexity index is 2680. The Morgan fingerprint density at radius 1 is 0.923 bits per heavy atom. The molecule has 5 aromatic rings. The molecular formula is C48H51ClF2N6O6S2. The molecule has 4 aromatic carbocycles. The number of nitrogens with zero attached hydrogens (tertiary/aromatic N) is 4. The molecule has 12 nitrogen and oxygen atoms in total. The lowest BCUT2D eigenvalue weighted by Crippen LogP contribution is -2.47. The Hall–Kier alpha value is -5.39. The van der Waals surface area contributed by atoms with Crippen molar-refractivity contribution in [2.24, 2.45) is 5.41 Å². The van der Waals surface area contributed by atoms with Gasteiger partial charge in [-0.1, -0.05) is 49.2 Å². The summed E-state index contributed by atoms with van der Waals surface area (Å²) in [5, 5.41) is 20.3. The van der Waals surface area contributed by atoms with Crippen LogP contribution >= 0.6 is 22.9 Å². The van der Waals surface area contributed by atoms with Crippen molar-refractivity contribution in [3.05, 3.63) is 145 Å². The van der Waals surface area contributed by atoms with Crippen LogP contribution in [0.2, 0.25) is 5.02 Å². The minimum absolute atomic E-state index is 0.0659. The second kappa shape index (κ2) is 19.6. The number of ether oxygens (including phenoxy) is 1. The van der Waals surface area contributed by atoms with Crippen molar-refractivity contribution in [2.45, 2.75) is 63.4 Å². The number of nitro groups is 1. The van der Waals surface area contributed by atoms with Crippen LogP contribution in [-0.4, -0.2) is 80.9 Å². The molecule has 0 bridgehead atoms. The summed E-state index contributed by atoms with van der Waals surface area (Å²) >= 11 is 7.87. The Morgan fingerprint density at radius 2 is 1.66 bits per heavy atom. The van der Waals surface area contributed by atoms with Gasteiger partial charge in [0.25, 0.3) is 21.6 Å². The number of amides is 1. The van der Waals surface area contributed by atoms with E-state index in [1.807, 2.05) is 22.2 Å². The Balaban J connectivity index is 0.971. The van der Waals surface area contributed by atoms with E-state index < -0.39 is 48.8 Å². The molecule has 342 valence electrons. The van der Waals surface area contributed by atoms with Crippen LogP contribution in [0.1, 0.15) is 67.4 Å². The number of piperidine rings is 1. The van der Waals surface area contributed by atoms with E-state index in [9.17, 15) is 32.1 Å². The molecule has 1 amide bonds. The average molecular weight is 946 g/mol. The summed E-state index contributed by atoms with van der Waals surface area (Å²) in [4.78, 5) is 31.8. The van der Waals surface area contributed by atoms with Gasteiger partial charge in [0, 0.05) is 81.2 Å². The SMILES string of the molecule is CC1(C)CCC(CN2CCN(c3ccc(C(=O)NS(=O)(=O)c4ccc(NC5CCN(Cc6ccsc6)CC5)c([N+](=O)[O-])c4)c(Oc4cccc(F)c4F)c3)CC2)=C(c2ccc(Cl)cc2)C1. The summed E-state index contributed by atoms with van der Waals surface area (Å²) in [7, 11) is -4.68. The molecule has 1 aromatic heterocycles. The number of sulfonamides is 1. The molecule has 2 fully saturated rings. The zero-order valence-corrected chi connectivity index (χ0v) is 38.6. The molecule has 8 rings (SSSR count). The summed E-state index contributed by atoms with van der Waals surface area (Å²) < 4.78 is 64.6. The molecular weight excluding hydrogens is 894 g/mol. The van der Waals surface area contributed by atoms with Gasteiger partial charge in [-0.25, -0.2) is 17.5 Å². The molecule has 0 spiro atoms. The van der Waals surface area contributed by atoms with Gasteiger partial charge < -0.3 is 15.0 Å². The first kappa shape index (κ1) is 46.2. The van der Waals surface area contributed by atoms with E-state index in [4.69, 9.17) is 16.3 Å². The highest BCUT2D eigenvalue weighted by Crippen LogP contribution is 2.43. The van der Waals surface area contributed by atoms with Crippen molar-refractivity contribution in [1.29, 1.82) is 0 Å². The first-order chi connectivity index (χ1) is 31.1. The van der Waals surface area contributed by atoms with Gasteiger partial charge in [0.1, 0.15) is 11.4 Å². The number of nitro benzene ring substituents is 1. The number of hydrogen-bond donors (Lipinski definition) is 2. The van der Waals surface area contributed by atoms with Crippen molar-refractivity contribution in [1.82, 2.24) is 14.5 Å². The Morgan fingerprint density at radius 3 is 2.37 bits per heavy atom. The first-order valence-corrected chi connectivity index (χ1v) is 24.5. The summed E-state index contributed by atoms with van der Waals surface area (Å²) in [6.45, 7) is 10.5. The number of benzene rings is 4. The zero-order valence-electron chi connectivity index (χ0n) is 36.2. The second-order valence-electron chi connectivity index (χ2n) is 17.7. The normalized spacial score (nSPS) is 17.5. The van der Waals surface area contributed by atoms with Gasteiger partial charge in [0.2, 0.25) is 5.82 Å². The molecule has 3 heterocycles. The Kier molecular flexibility index (Phi) is 13.9. The largest absolute Gasteiger partial charge is 0.453 e. The third-order valence-corrected chi connectivity index (χ3v) is 14.8. The fourth-order valence-corrected chi connectivity index (χ4v) is 10.6.